The molecule has 0 aromatic carbocycles. The molecule has 1 aromatic heterocycles. The van der Waals surface area contributed by atoms with Gasteiger partial charge in [-0.25, -0.2) is 0 Å². The Morgan fingerprint density at radius 2 is 2.19 bits per heavy atom. The molecule has 0 bridgehead atoms. The van der Waals surface area contributed by atoms with Gasteiger partial charge in [-0.1, -0.05) is 36.7 Å². The molecule has 2 rings (SSSR count). The van der Waals surface area contributed by atoms with E-state index in [-0.39, 0.29) is 18.4 Å². The molecule has 1 aromatic rings. The molecule has 7 heteroatoms. The van der Waals surface area contributed by atoms with Crippen molar-refractivity contribution in [2.75, 3.05) is 6.54 Å². The van der Waals surface area contributed by atoms with Gasteiger partial charge in [-0.15, -0.1) is 11.3 Å². The summed E-state index contributed by atoms with van der Waals surface area (Å²) in [7, 11) is 0. The fourth-order valence-electron chi connectivity index (χ4n) is 3.06. The number of piperidine rings is 1. The molecule has 1 amide bonds. The Kier molecular flexibility index (Phi) is 9.22. The van der Waals surface area contributed by atoms with Gasteiger partial charge in [-0.05, 0) is 43.2 Å². The molecule has 5 nitrogen and oxygen atoms in total. The van der Waals surface area contributed by atoms with Crippen LogP contribution in [0.15, 0.2) is 33.9 Å². The number of hydrogen-bond acceptors (Lipinski definition) is 5. The highest BCUT2D eigenvalue weighted by Crippen LogP contribution is 2.28. The molecule has 0 spiro atoms. The second-order valence-corrected chi connectivity index (χ2v) is 8.79. The number of unbranched alkanes of at least 4 members (excludes halogenated alkanes) is 3. The number of thioether (sulfide) groups is 1. The lowest BCUT2D eigenvalue weighted by Crippen LogP contribution is -2.43. The molecule has 0 aliphatic carbocycles. The average Bonchev–Trinajstić information content (AvgIpc) is 3.10. The Labute approximate surface area is 163 Å². The van der Waals surface area contributed by atoms with E-state index in [0.717, 1.165) is 36.3 Å². The number of carbonyl (C=O) groups is 2. The second-order valence-electron chi connectivity index (χ2n) is 6.43. The zero-order valence-electron chi connectivity index (χ0n) is 14.9. The van der Waals surface area contributed by atoms with Crippen LogP contribution in [0.1, 0.15) is 51.4 Å². The number of carboxylic acid groups (broad SMARTS) is 1. The molecule has 26 heavy (non-hydrogen) atoms. The largest absolute Gasteiger partial charge is 0.481 e. The monoisotopic (exact) mass is 397 g/mol. The Hall–Kier alpha value is -1.31. The first-order valence-electron chi connectivity index (χ1n) is 9.14. The van der Waals surface area contributed by atoms with E-state index >= 15 is 0 Å². The minimum absolute atomic E-state index is 0.0499. The number of aliphatic hydroxyl groups excluding tert-OH is 1. The molecule has 0 radical (unpaired) electrons. The van der Waals surface area contributed by atoms with Crippen LogP contribution in [0.5, 0.6) is 0 Å². The number of thiophene rings is 1. The van der Waals surface area contributed by atoms with Gasteiger partial charge in [0.2, 0.25) is 5.91 Å². The SMILES string of the molecule is O=C(O)CCCCCCN1C(=O)CCC[C@@H]1/C=C/C(O)Sc1cccs1. The van der Waals surface area contributed by atoms with E-state index in [1.807, 2.05) is 28.5 Å². The molecule has 2 N–H and O–H groups in total. The first-order valence-corrected chi connectivity index (χ1v) is 10.9. The van der Waals surface area contributed by atoms with E-state index in [9.17, 15) is 14.7 Å². The van der Waals surface area contributed by atoms with Gasteiger partial charge < -0.3 is 15.1 Å². The number of amides is 1. The van der Waals surface area contributed by atoms with Gasteiger partial charge in [0.15, 0.2) is 0 Å². The van der Waals surface area contributed by atoms with E-state index in [1.54, 1.807) is 17.4 Å². The van der Waals surface area contributed by atoms with Crippen molar-refractivity contribution in [1.82, 2.24) is 4.90 Å². The molecular weight excluding hydrogens is 370 g/mol. The Morgan fingerprint density at radius 1 is 1.38 bits per heavy atom. The lowest BCUT2D eigenvalue weighted by Gasteiger charge is -2.34. The molecule has 144 valence electrons. The first kappa shape index (κ1) is 21.0. The van der Waals surface area contributed by atoms with E-state index < -0.39 is 11.4 Å². The van der Waals surface area contributed by atoms with Crippen molar-refractivity contribution in [3.05, 3.63) is 29.7 Å². The Bertz CT molecular complexity index is 588. The second kappa shape index (κ2) is 11.4. The van der Waals surface area contributed by atoms with Crippen LogP contribution in [-0.2, 0) is 9.59 Å². The van der Waals surface area contributed by atoms with Crippen molar-refractivity contribution in [3.63, 3.8) is 0 Å². The van der Waals surface area contributed by atoms with Crippen molar-refractivity contribution >= 4 is 35.0 Å². The maximum atomic E-state index is 12.3. The first-order chi connectivity index (χ1) is 12.6. The maximum absolute atomic E-state index is 12.3. The number of hydrogen-bond donors (Lipinski definition) is 2. The van der Waals surface area contributed by atoms with Crippen molar-refractivity contribution in [1.29, 1.82) is 0 Å². The highest BCUT2D eigenvalue weighted by atomic mass is 32.2. The van der Waals surface area contributed by atoms with Crippen molar-refractivity contribution < 1.29 is 19.8 Å². The van der Waals surface area contributed by atoms with Gasteiger partial charge in [0, 0.05) is 19.4 Å². The molecule has 2 heterocycles. The zero-order chi connectivity index (χ0) is 18.8. The van der Waals surface area contributed by atoms with Crippen LogP contribution >= 0.6 is 23.1 Å². The molecule has 0 saturated carbocycles. The number of carboxylic acids is 1. The van der Waals surface area contributed by atoms with Crippen molar-refractivity contribution in [3.8, 4) is 0 Å². The Balaban J connectivity index is 1.77. The summed E-state index contributed by atoms with van der Waals surface area (Å²) < 4.78 is 1.07. The van der Waals surface area contributed by atoms with Crippen LogP contribution in [0.3, 0.4) is 0 Å². The molecule has 1 aliphatic heterocycles. The summed E-state index contributed by atoms with van der Waals surface area (Å²) in [6.45, 7) is 0.703. The quantitative estimate of drug-likeness (QED) is 0.254. The third kappa shape index (κ3) is 7.51. The van der Waals surface area contributed by atoms with Crippen molar-refractivity contribution in [2.45, 2.75) is 67.1 Å². The minimum atomic E-state index is -0.750. The predicted molar refractivity (Wildman–Crippen MR) is 105 cm³/mol. The van der Waals surface area contributed by atoms with E-state index in [1.165, 1.54) is 11.8 Å². The predicted octanol–water partition coefficient (Wildman–Crippen LogP) is 4.13. The van der Waals surface area contributed by atoms with Gasteiger partial charge >= 0.3 is 5.97 Å². The summed E-state index contributed by atoms with van der Waals surface area (Å²) in [6.07, 6.45) is 9.77. The van der Waals surface area contributed by atoms with Crippen LogP contribution < -0.4 is 0 Å². The molecule has 1 saturated heterocycles. The zero-order valence-corrected chi connectivity index (χ0v) is 16.5. The van der Waals surface area contributed by atoms with Gasteiger partial charge in [0.25, 0.3) is 0 Å². The Morgan fingerprint density at radius 3 is 2.92 bits per heavy atom. The van der Waals surface area contributed by atoms with Gasteiger partial charge in [0.1, 0.15) is 5.44 Å². The summed E-state index contributed by atoms with van der Waals surface area (Å²) in [5, 5.41) is 20.8. The summed E-state index contributed by atoms with van der Waals surface area (Å²) in [5.74, 6) is -0.572. The van der Waals surface area contributed by atoms with Gasteiger partial charge in [-0.2, -0.15) is 0 Å². The normalized spacial score (nSPS) is 19.2. The highest BCUT2D eigenvalue weighted by Gasteiger charge is 2.25. The van der Waals surface area contributed by atoms with E-state index in [2.05, 4.69) is 0 Å². The summed E-state index contributed by atoms with van der Waals surface area (Å²) in [4.78, 5) is 24.7. The molecule has 1 fully saturated rings. The van der Waals surface area contributed by atoms with E-state index in [0.29, 0.717) is 19.4 Å². The number of carbonyl (C=O) groups excluding carboxylic acids is 1. The molecule has 1 unspecified atom stereocenters. The van der Waals surface area contributed by atoms with Crippen molar-refractivity contribution in [2.24, 2.45) is 0 Å². The third-order valence-electron chi connectivity index (χ3n) is 4.38. The van der Waals surface area contributed by atoms with Crippen LogP contribution in [0.2, 0.25) is 0 Å². The third-order valence-corrected chi connectivity index (χ3v) is 6.39. The number of aliphatic hydroxyl groups is 1. The van der Waals surface area contributed by atoms with Gasteiger partial charge in [-0.3, -0.25) is 9.59 Å². The lowest BCUT2D eigenvalue weighted by atomic mass is 10.00. The fraction of sp³-hybridized carbons (Fsp3) is 0.579. The van der Waals surface area contributed by atoms with Crippen LogP contribution in [0.4, 0.5) is 0 Å². The summed E-state index contributed by atoms with van der Waals surface area (Å²) >= 11 is 3.01. The number of rotatable bonds is 11. The molecular formula is C19H27NO4S2. The highest BCUT2D eigenvalue weighted by molar-refractivity contribution is 8.01. The number of likely N-dealkylation sites (tertiary alicyclic amines) is 1. The number of nitrogens with zero attached hydrogens (tertiary/aromatic N) is 1. The van der Waals surface area contributed by atoms with E-state index in [4.69, 9.17) is 5.11 Å². The maximum Gasteiger partial charge on any atom is 0.303 e. The van der Waals surface area contributed by atoms with Gasteiger partial charge in [0.05, 0.1) is 10.3 Å². The minimum Gasteiger partial charge on any atom is -0.481 e. The standard InChI is InChI=1S/C19H27NO4S2/c21-16-8-5-7-15(11-12-18(24)26-19-10-6-14-25-19)20(16)13-4-2-1-3-9-17(22)23/h6,10-12,14-15,18,24H,1-5,7-9,13H2,(H,22,23)/b12-11+/t15-,18?/m1/s1. The van der Waals surface area contributed by atoms with Crippen LogP contribution in [-0.4, -0.2) is 45.0 Å². The number of aliphatic carboxylic acids is 1. The summed E-state index contributed by atoms with van der Waals surface area (Å²) in [5.41, 5.74) is -0.608. The smallest absolute Gasteiger partial charge is 0.303 e. The van der Waals surface area contributed by atoms with Crippen LogP contribution in [0.25, 0.3) is 0 Å². The molecule has 2 atom stereocenters. The average molecular weight is 398 g/mol. The fourth-order valence-corrected chi connectivity index (χ4v) is 4.76. The summed E-state index contributed by atoms with van der Waals surface area (Å²) in [6, 6.07) is 3.99. The van der Waals surface area contributed by atoms with Crippen LogP contribution in [0, 0.1) is 0 Å². The molecule has 1 aliphatic rings. The topological polar surface area (TPSA) is 77.8 Å². The lowest BCUT2D eigenvalue weighted by molar-refractivity contribution is -0.137.